The van der Waals surface area contributed by atoms with Gasteiger partial charge in [0, 0.05) is 11.4 Å². The van der Waals surface area contributed by atoms with Crippen LogP contribution in [0.1, 0.15) is 25.8 Å². The Hall–Kier alpha value is -3.68. The normalized spacial score (nSPS) is 10.8. The van der Waals surface area contributed by atoms with Gasteiger partial charge in [-0.05, 0) is 43.2 Å². The van der Waals surface area contributed by atoms with E-state index in [1.54, 1.807) is 43.3 Å². The lowest BCUT2D eigenvalue weighted by Gasteiger charge is -2.09. The average molecular weight is 396 g/mol. The number of ether oxygens (including phenoxy) is 1. The minimum absolute atomic E-state index is 0.0571. The van der Waals surface area contributed by atoms with Crippen LogP contribution in [-0.4, -0.2) is 30.5 Å². The zero-order valence-electron chi connectivity index (χ0n) is 16.6. The molecule has 0 aromatic heterocycles. The SMILES string of the molecule is CCc1ccc(NC(=O)C(=O)NN=C(C)CC(=O)Nc2ccccc2OC)cc1. The van der Waals surface area contributed by atoms with E-state index in [0.29, 0.717) is 22.8 Å². The van der Waals surface area contributed by atoms with Gasteiger partial charge in [-0.25, -0.2) is 5.43 Å². The Morgan fingerprint density at radius 3 is 2.31 bits per heavy atom. The maximum Gasteiger partial charge on any atom is 0.329 e. The van der Waals surface area contributed by atoms with Crippen LogP contribution in [0.15, 0.2) is 53.6 Å². The van der Waals surface area contributed by atoms with Crippen LogP contribution in [-0.2, 0) is 20.8 Å². The molecular formula is C21H24N4O4. The molecule has 2 aromatic carbocycles. The van der Waals surface area contributed by atoms with E-state index in [0.717, 1.165) is 12.0 Å². The van der Waals surface area contributed by atoms with E-state index in [1.807, 2.05) is 19.1 Å². The lowest BCUT2D eigenvalue weighted by Crippen LogP contribution is -2.33. The van der Waals surface area contributed by atoms with E-state index in [1.165, 1.54) is 7.11 Å². The van der Waals surface area contributed by atoms with Crippen LogP contribution in [0.4, 0.5) is 11.4 Å². The molecule has 152 valence electrons. The Bertz CT molecular complexity index is 907. The molecule has 0 aliphatic rings. The van der Waals surface area contributed by atoms with Gasteiger partial charge in [0.1, 0.15) is 5.75 Å². The molecule has 0 spiro atoms. The number of carbonyl (C=O) groups excluding carboxylic acids is 3. The van der Waals surface area contributed by atoms with Crippen molar-refractivity contribution >= 4 is 34.8 Å². The summed E-state index contributed by atoms with van der Waals surface area (Å²) in [5, 5.41) is 9.00. The third-order valence-corrected chi connectivity index (χ3v) is 3.97. The number of amides is 3. The highest BCUT2D eigenvalue weighted by Gasteiger charge is 2.14. The standard InChI is InChI=1S/C21H24N4O4/c1-4-15-9-11-16(12-10-15)22-20(27)21(28)25-24-14(2)13-19(26)23-17-7-5-6-8-18(17)29-3/h5-12H,4,13H2,1-3H3,(H,22,27)(H,23,26)(H,25,28). The van der Waals surface area contributed by atoms with Crippen LogP contribution >= 0.6 is 0 Å². The largest absolute Gasteiger partial charge is 0.495 e. The third kappa shape index (κ3) is 6.76. The second-order valence-corrected chi connectivity index (χ2v) is 6.22. The summed E-state index contributed by atoms with van der Waals surface area (Å²) in [5.74, 6) is -1.56. The molecule has 0 saturated heterocycles. The minimum atomic E-state index is -0.922. The van der Waals surface area contributed by atoms with Crippen molar-refractivity contribution in [2.45, 2.75) is 26.7 Å². The molecule has 3 amide bonds. The monoisotopic (exact) mass is 396 g/mol. The number of nitrogens with zero attached hydrogens (tertiary/aromatic N) is 1. The van der Waals surface area contributed by atoms with Crippen LogP contribution in [0.5, 0.6) is 5.75 Å². The Kier molecular flexibility index (Phi) is 7.90. The molecule has 3 N–H and O–H groups in total. The van der Waals surface area contributed by atoms with Crippen LogP contribution in [0.25, 0.3) is 0 Å². The van der Waals surface area contributed by atoms with Crippen molar-refractivity contribution in [3.05, 3.63) is 54.1 Å². The van der Waals surface area contributed by atoms with Crippen LogP contribution < -0.4 is 20.8 Å². The predicted molar refractivity (Wildman–Crippen MR) is 112 cm³/mol. The van der Waals surface area contributed by atoms with Crippen molar-refractivity contribution in [2.75, 3.05) is 17.7 Å². The smallest absolute Gasteiger partial charge is 0.329 e. The molecule has 0 fully saturated rings. The van der Waals surface area contributed by atoms with Crippen molar-refractivity contribution < 1.29 is 19.1 Å². The number of methoxy groups -OCH3 is 1. The highest BCUT2D eigenvalue weighted by molar-refractivity contribution is 6.39. The number of nitrogens with one attached hydrogen (secondary N) is 3. The van der Waals surface area contributed by atoms with Crippen molar-refractivity contribution in [3.63, 3.8) is 0 Å². The fraction of sp³-hybridized carbons (Fsp3) is 0.238. The average Bonchev–Trinajstić information content (AvgIpc) is 2.72. The van der Waals surface area contributed by atoms with Crippen LogP contribution in [0, 0.1) is 0 Å². The molecule has 0 radical (unpaired) electrons. The first-order valence-corrected chi connectivity index (χ1v) is 9.09. The van der Waals surface area contributed by atoms with Crippen molar-refractivity contribution in [3.8, 4) is 5.75 Å². The molecule has 0 aliphatic heterocycles. The van der Waals surface area contributed by atoms with Gasteiger partial charge in [0.05, 0.1) is 19.2 Å². The molecule has 2 aromatic rings. The molecule has 0 bridgehead atoms. The first kappa shape index (κ1) is 21.6. The summed E-state index contributed by atoms with van der Waals surface area (Å²) in [6.45, 7) is 3.60. The number of rotatable bonds is 7. The number of anilines is 2. The zero-order chi connectivity index (χ0) is 21.2. The fourth-order valence-electron chi connectivity index (χ4n) is 2.42. The summed E-state index contributed by atoms with van der Waals surface area (Å²) in [5.41, 5.74) is 4.66. The lowest BCUT2D eigenvalue weighted by atomic mass is 10.1. The minimum Gasteiger partial charge on any atom is -0.495 e. The van der Waals surface area contributed by atoms with Crippen molar-refractivity contribution in [1.29, 1.82) is 0 Å². The van der Waals surface area contributed by atoms with Gasteiger partial charge in [0.15, 0.2) is 0 Å². The molecule has 0 aliphatic carbocycles. The van der Waals surface area contributed by atoms with Crippen LogP contribution in [0.3, 0.4) is 0 Å². The summed E-state index contributed by atoms with van der Waals surface area (Å²) in [6, 6.07) is 14.2. The van der Waals surface area contributed by atoms with Crippen molar-refractivity contribution in [2.24, 2.45) is 5.10 Å². The summed E-state index contributed by atoms with van der Waals surface area (Å²) in [7, 11) is 1.51. The van der Waals surface area contributed by atoms with Gasteiger partial charge in [-0.1, -0.05) is 31.2 Å². The van der Waals surface area contributed by atoms with Gasteiger partial charge in [0.2, 0.25) is 5.91 Å². The van der Waals surface area contributed by atoms with E-state index in [4.69, 9.17) is 4.74 Å². The van der Waals surface area contributed by atoms with E-state index >= 15 is 0 Å². The van der Waals surface area contributed by atoms with E-state index in [9.17, 15) is 14.4 Å². The molecule has 29 heavy (non-hydrogen) atoms. The Morgan fingerprint density at radius 1 is 0.966 bits per heavy atom. The second kappa shape index (κ2) is 10.6. The van der Waals surface area contributed by atoms with E-state index < -0.39 is 11.8 Å². The lowest BCUT2D eigenvalue weighted by molar-refractivity contribution is -0.136. The molecule has 0 unspecified atom stereocenters. The predicted octanol–water partition coefficient (Wildman–Crippen LogP) is 2.72. The molecule has 2 rings (SSSR count). The highest BCUT2D eigenvalue weighted by atomic mass is 16.5. The first-order chi connectivity index (χ1) is 13.9. The van der Waals surface area contributed by atoms with Gasteiger partial charge >= 0.3 is 11.8 Å². The Labute approximate surface area is 169 Å². The number of hydrogen-bond acceptors (Lipinski definition) is 5. The molecule has 0 heterocycles. The summed E-state index contributed by atoms with van der Waals surface area (Å²) in [4.78, 5) is 35.9. The highest BCUT2D eigenvalue weighted by Crippen LogP contribution is 2.23. The van der Waals surface area contributed by atoms with Gasteiger partial charge in [0.25, 0.3) is 0 Å². The molecule has 0 saturated carbocycles. The zero-order valence-corrected chi connectivity index (χ0v) is 16.6. The topological polar surface area (TPSA) is 109 Å². The van der Waals surface area contributed by atoms with Gasteiger partial charge in [-0.3, -0.25) is 14.4 Å². The fourth-order valence-corrected chi connectivity index (χ4v) is 2.42. The third-order valence-electron chi connectivity index (χ3n) is 3.97. The number of hydrazone groups is 1. The number of para-hydroxylation sites is 2. The number of benzene rings is 2. The summed E-state index contributed by atoms with van der Waals surface area (Å²) < 4.78 is 5.17. The second-order valence-electron chi connectivity index (χ2n) is 6.22. The number of aryl methyl sites for hydroxylation is 1. The Balaban J connectivity index is 1.85. The quantitative estimate of drug-likeness (QED) is 0.380. The van der Waals surface area contributed by atoms with E-state index in [2.05, 4.69) is 21.2 Å². The number of carbonyl (C=O) groups is 3. The van der Waals surface area contributed by atoms with Crippen molar-refractivity contribution in [1.82, 2.24) is 5.43 Å². The summed E-state index contributed by atoms with van der Waals surface area (Å²) in [6.07, 6.45) is 0.825. The maximum atomic E-state index is 12.1. The molecule has 8 nitrogen and oxygen atoms in total. The molecule has 0 atom stereocenters. The van der Waals surface area contributed by atoms with Gasteiger partial charge in [-0.2, -0.15) is 5.10 Å². The molecular weight excluding hydrogens is 372 g/mol. The number of hydrogen-bond donors (Lipinski definition) is 3. The Morgan fingerprint density at radius 2 is 1.66 bits per heavy atom. The van der Waals surface area contributed by atoms with E-state index in [-0.39, 0.29) is 12.3 Å². The summed E-state index contributed by atoms with van der Waals surface area (Å²) >= 11 is 0. The van der Waals surface area contributed by atoms with Crippen LogP contribution in [0.2, 0.25) is 0 Å². The molecule has 8 heteroatoms. The van der Waals surface area contributed by atoms with Gasteiger partial charge < -0.3 is 15.4 Å². The first-order valence-electron chi connectivity index (χ1n) is 9.09. The van der Waals surface area contributed by atoms with Gasteiger partial charge in [-0.15, -0.1) is 0 Å². The maximum absolute atomic E-state index is 12.1.